The monoisotopic (exact) mass is 176 g/mol. The van der Waals surface area contributed by atoms with E-state index in [1.807, 2.05) is 6.92 Å². The second kappa shape index (κ2) is 3.90. The number of ketones is 1. The molecule has 1 aromatic heterocycles. The van der Waals surface area contributed by atoms with Gasteiger partial charge >= 0.3 is 0 Å². The van der Waals surface area contributed by atoms with E-state index < -0.39 is 0 Å². The second-order valence-corrected chi connectivity index (χ2v) is 2.80. The van der Waals surface area contributed by atoms with Gasteiger partial charge in [-0.1, -0.05) is 12.8 Å². The Bertz CT molecular complexity index is 357. The van der Waals surface area contributed by atoms with Gasteiger partial charge in [-0.05, 0) is 12.5 Å². The molecule has 0 bridgehead atoms. The van der Waals surface area contributed by atoms with E-state index in [0.29, 0.717) is 5.69 Å². The molecule has 0 unspecified atom stereocenters. The van der Waals surface area contributed by atoms with Crippen LogP contribution in [0.1, 0.15) is 29.5 Å². The zero-order chi connectivity index (χ0) is 9.84. The molecule has 3 nitrogen and oxygen atoms in total. The number of carbonyl (C=O) groups is 1. The van der Waals surface area contributed by atoms with Crippen LogP contribution in [-0.2, 0) is 13.5 Å². The summed E-state index contributed by atoms with van der Waals surface area (Å²) in [7, 11) is 1.75. The predicted molar refractivity (Wildman–Crippen MR) is 50.4 cm³/mol. The van der Waals surface area contributed by atoms with Gasteiger partial charge in [0.1, 0.15) is 5.69 Å². The summed E-state index contributed by atoms with van der Waals surface area (Å²) >= 11 is 0. The van der Waals surface area contributed by atoms with Crippen LogP contribution in [0.3, 0.4) is 0 Å². The molecule has 0 saturated carbocycles. The summed E-state index contributed by atoms with van der Waals surface area (Å²) in [5.74, 6) is 2.29. The van der Waals surface area contributed by atoms with Crippen LogP contribution in [-0.4, -0.2) is 15.6 Å². The first-order chi connectivity index (χ1) is 6.19. The molecule has 0 amide bonds. The van der Waals surface area contributed by atoms with Gasteiger partial charge in [-0.3, -0.25) is 9.48 Å². The molecule has 3 heteroatoms. The van der Waals surface area contributed by atoms with E-state index in [0.717, 1.165) is 12.1 Å². The highest BCUT2D eigenvalue weighted by molar-refractivity contribution is 5.96. The summed E-state index contributed by atoms with van der Waals surface area (Å²) in [6.45, 7) is 2.00. The van der Waals surface area contributed by atoms with Gasteiger partial charge in [-0.25, -0.2) is 0 Å². The third-order valence-electron chi connectivity index (χ3n) is 1.84. The summed E-state index contributed by atoms with van der Waals surface area (Å²) in [4.78, 5) is 11.4. The van der Waals surface area contributed by atoms with Crippen molar-refractivity contribution >= 4 is 5.78 Å². The molecule has 0 fully saturated rings. The van der Waals surface area contributed by atoms with E-state index in [1.54, 1.807) is 17.8 Å². The Morgan fingerprint density at radius 1 is 1.77 bits per heavy atom. The summed E-state index contributed by atoms with van der Waals surface area (Å²) < 4.78 is 1.58. The number of Topliss-reactive ketones (excluding diaryl/α,β-unsaturated/α-hetero) is 1. The van der Waals surface area contributed by atoms with Crippen molar-refractivity contribution in [3.63, 3.8) is 0 Å². The quantitative estimate of drug-likeness (QED) is 0.512. The smallest absolute Gasteiger partial charge is 0.192 e. The van der Waals surface area contributed by atoms with Crippen LogP contribution in [0, 0.1) is 12.3 Å². The fourth-order valence-electron chi connectivity index (χ4n) is 1.14. The standard InChI is InChI=1S/C10H12N2O/c1-4-6-10(13)9-7-8(5-2)11-12(9)3/h1,7H,5-6H2,2-3H3. The Morgan fingerprint density at radius 3 is 2.92 bits per heavy atom. The van der Waals surface area contributed by atoms with Crippen molar-refractivity contribution in [2.75, 3.05) is 0 Å². The third-order valence-corrected chi connectivity index (χ3v) is 1.84. The van der Waals surface area contributed by atoms with E-state index in [-0.39, 0.29) is 12.2 Å². The van der Waals surface area contributed by atoms with E-state index in [4.69, 9.17) is 6.42 Å². The Kier molecular flexibility index (Phi) is 2.86. The molecule has 0 radical (unpaired) electrons. The summed E-state index contributed by atoms with van der Waals surface area (Å²) in [6, 6.07) is 1.79. The lowest BCUT2D eigenvalue weighted by Crippen LogP contribution is -2.05. The van der Waals surface area contributed by atoms with Crippen LogP contribution in [0.4, 0.5) is 0 Å². The van der Waals surface area contributed by atoms with E-state index in [2.05, 4.69) is 11.0 Å². The average molecular weight is 176 g/mol. The molecule has 1 heterocycles. The normalized spacial score (nSPS) is 9.62. The number of aryl methyl sites for hydroxylation is 2. The summed E-state index contributed by atoms with van der Waals surface area (Å²) in [6.07, 6.45) is 6.03. The highest BCUT2D eigenvalue weighted by Crippen LogP contribution is 2.06. The van der Waals surface area contributed by atoms with Crippen LogP contribution >= 0.6 is 0 Å². The van der Waals surface area contributed by atoms with Crippen molar-refractivity contribution in [1.29, 1.82) is 0 Å². The number of hydrogen-bond donors (Lipinski definition) is 0. The minimum absolute atomic E-state index is 0.0443. The lowest BCUT2D eigenvalue weighted by Gasteiger charge is -1.95. The number of nitrogens with zero attached hydrogens (tertiary/aromatic N) is 2. The molecular weight excluding hydrogens is 164 g/mol. The molecule has 0 aliphatic carbocycles. The highest BCUT2D eigenvalue weighted by Gasteiger charge is 2.10. The molecule has 13 heavy (non-hydrogen) atoms. The maximum absolute atomic E-state index is 11.4. The highest BCUT2D eigenvalue weighted by atomic mass is 16.1. The minimum atomic E-state index is -0.0443. The maximum Gasteiger partial charge on any atom is 0.192 e. The van der Waals surface area contributed by atoms with Crippen molar-refractivity contribution in [3.8, 4) is 12.3 Å². The number of carbonyl (C=O) groups excluding carboxylic acids is 1. The van der Waals surface area contributed by atoms with Gasteiger partial charge < -0.3 is 0 Å². The van der Waals surface area contributed by atoms with Crippen LogP contribution in [0.5, 0.6) is 0 Å². The van der Waals surface area contributed by atoms with Crippen molar-refractivity contribution < 1.29 is 4.79 Å². The molecule has 0 aromatic carbocycles. The van der Waals surface area contributed by atoms with Crippen molar-refractivity contribution in [2.24, 2.45) is 7.05 Å². The zero-order valence-corrected chi connectivity index (χ0v) is 7.87. The number of terminal acetylenes is 1. The van der Waals surface area contributed by atoms with Gasteiger partial charge in [0.15, 0.2) is 5.78 Å². The molecule has 0 saturated heterocycles. The Labute approximate surface area is 77.8 Å². The SMILES string of the molecule is C#CCC(=O)c1cc(CC)nn1C. The molecule has 1 rings (SSSR count). The Morgan fingerprint density at radius 2 is 2.46 bits per heavy atom. The molecular formula is C10H12N2O. The van der Waals surface area contributed by atoms with Gasteiger partial charge in [0, 0.05) is 7.05 Å². The molecule has 0 aliphatic heterocycles. The maximum atomic E-state index is 11.4. The van der Waals surface area contributed by atoms with E-state index >= 15 is 0 Å². The fraction of sp³-hybridized carbons (Fsp3) is 0.400. The number of hydrogen-bond acceptors (Lipinski definition) is 2. The first-order valence-corrected chi connectivity index (χ1v) is 4.18. The zero-order valence-electron chi connectivity index (χ0n) is 7.87. The number of rotatable bonds is 3. The van der Waals surface area contributed by atoms with Gasteiger partial charge in [0.05, 0.1) is 12.1 Å². The fourth-order valence-corrected chi connectivity index (χ4v) is 1.14. The minimum Gasteiger partial charge on any atom is -0.291 e. The third kappa shape index (κ3) is 1.97. The number of aromatic nitrogens is 2. The second-order valence-electron chi connectivity index (χ2n) is 2.80. The van der Waals surface area contributed by atoms with Crippen LogP contribution < -0.4 is 0 Å². The summed E-state index contributed by atoms with van der Waals surface area (Å²) in [5.41, 5.74) is 1.51. The van der Waals surface area contributed by atoms with Crippen molar-refractivity contribution in [3.05, 3.63) is 17.5 Å². The molecule has 68 valence electrons. The van der Waals surface area contributed by atoms with E-state index in [1.165, 1.54) is 0 Å². The molecule has 0 aliphatic rings. The van der Waals surface area contributed by atoms with Crippen molar-refractivity contribution in [2.45, 2.75) is 19.8 Å². The van der Waals surface area contributed by atoms with Crippen LogP contribution in [0.15, 0.2) is 6.07 Å². The molecule has 0 spiro atoms. The molecule has 0 N–H and O–H groups in total. The predicted octanol–water partition coefficient (Wildman–Crippen LogP) is 1.19. The summed E-state index contributed by atoms with van der Waals surface area (Å²) in [5, 5.41) is 4.16. The van der Waals surface area contributed by atoms with Crippen molar-refractivity contribution in [1.82, 2.24) is 9.78 Å². The van der Waals surface area contributed by atoms with Gasteiger partial charge in [0.2, 0.25) is 0 Å². The largest absolute Gasteiger partial charge is 0.291 e. The van der Waals surface area contributed by atoms with Gasteiger partial charge in [-0.2, -0.15) is 5.10 Å². The van der Waals surface area contributed by atoms with E-state index in [9.17, 15) is 4.79 Å². The first kappa shape index (κ1) is 9.53. The Hall–Kier alpha value is -1.56. The average Bonchev–Trinajstić information content (AvgIpc) is 2.47. The first-order valence-electron chi connectivity index (χ1n) is 4.18. The lowest BCUT2D eigenvalue weighted by atomic mass is 10.2. The van der Waals surface area contributed by atoms with Crippen LogP contribution in [0.25, 0.3) is 0 Å². The molecule has 0 atom stereocenters. The van der Waals surface area contributed by atoms with Crippen LogP contribution in [0.2, 0.25) is 0 Å². The van der Waals surface area contributed by atoms with Gasteiger partial charge in [0.25, 0.3) is 0 Å². The lowest BCUT2D eigenvalue weighted by molar-refractivity contribution is 0.0989. The topological polar surface area (TPSA) is 34.9 Å². The van der Waals surface area contributed by atoms with Gasteiger partial charge in [-0.15, -0.1) is 6.42 Å². The molecule has 1 aromatic rings. The Balaban J connectivity index is 2.95.